The highest BCUT2D eigenvalue weighted by Crippen LogP contribution is 2.12. The van der Waals surface area contributed by atoms with Gasteiger partial charge in [0.1, 0.15) is 11.6 Å². The smallest absolute Gasteiger partial charge is 0.242 e. The van der Waals surface area contributed by atoms with E-state index in [9.17, 15) is 9.18 Å². The Morgan fingerprint density at radius 3 is 2.73 bits per heavy atom. The molecule has 3 rings (SSSR count). The van der Waals surface area contributed by atoms with Gasteiger partial charge in [-0.3, -0.25) is 9.69 Å². The van der Waals surface area contributed by atoms with Crippen LogP contribution in [0, 0.1) is 5.82 Å². The molecule has 0 bridgehead atoms. The van der Waals surface area contributed by atoms with Crippen molar-refractivity contribution in [1.82, 2.24) is 19.7 Å². The highest BCUT2D eigenvalue weighted by Gasteiger charge is 2.19. The van der Waals surface area contributed by atoms with Crippen molar-refractivity contribution in [3.8, 4) is 5.69 Å². The Hall–Kier alpha value is -3.06. The van der Waals surface area contributed by atoms with E-state index in [1.165, 1.54) is 12.1 Å². The zero-order valence-corrected chi connectivity index (χ0v) is 14.6. The van der Waals surface area contributed by atoms with E-state index in [1.807, 2.05) is 31.1 Å². The molecule has 0 saturated carbocycles. The number of rotatable bonds is 6. The van der Waals surface area contributed by atoms with Gasteiger partial charge in [-0.05, 0) is 50.4 Å². The van der Waals surface area contributed by atoms with E-state index in [-0.39, 0.29) is 17.8 Å². The van der Waals surface area contributed by atoms with Crippen LogP contribution in [0.15, 0.2) is 61.1 Å². The largest absolute Gasteiger partial charge is 0.309 e. The highest BCUT2D eigenvalue weighted by molar-refractivity contribution is 5.93. The van der Waals surface area contributed by atoms with Crippen LogP contribution in [-0.2, 0) is 11.3 Å². The second-order valence-electron chi connectivity index (χ2n) is 6.06. The Kier molecular flexibility index (Phi) is 5.38. The molecule has 0 aliphatic rings. The second-order valence-corrected chi connectivity index (χ2v) is 6.06. The van der Waals surface area contributed by atoms with E-state index in [2.05, 4.69) is 15.4 Å². The molecule has 134 valence electrons. The number of benzene rings is 1. The van der Waals surface area contributed by atoms with Gasteiger partial charge < -0.3 is 5.32 Å². The number of hydrogen-bond donors (Lipinski definition) is 1. The van der Waals surface area contributed by atoms with Gasteiger partial charge in [0.25, 0.3) is 0 Å². The van der Waals surface area contributed by atoms with Gasteiger partial charge in [0.05, 0.1) is 17.9 Å². The van der Waals surface area contributed by atoms with E-state index in [0.717, 1.165) is 11.3 Å². The van der Waals surface area contributed by atoms with Gasteiger partial charge in [0.2, 0.25) is 5.91 Å². The predicted molar refractivity (Wildman–Crippen MR) is 97.3 cm³/mol. The van der Waals surface area contributed by atoms with Crippen molar-refractivity contribution in [3.63, 3.8) is 0 Å². The standard InChI is InChI=1S/C19H20FN5O/c1-14(19(26)23-18-5-3-4-10-21-18)24(2)12-15-11-22-25(13-15)17-8-6-16(20)7-9-17/h3-11,13-14H,12H2,1-2H3,(H,21,23,26)/t14-/m0/s1. The van der Waals surface area contributed by atoms with Gasteiger partial charge in [-0.1, -0.05) is 6.07 Å². The first-order valence-corrected chi connectivity index (χ1v) is 8.24. The Morgan fingerprint density at radius 2 is 2.04 bits per heavy atom. The topological polar surface area (TPSA) is 63.1 Å². The molecule has 0 aliphatic carbocycles. The van der Waals surface area contributed by atoms with Crippen LogP contribution in [0.4, 0.5) is 10.2 Å². The number of carbonyl (C=O) groups is 1. The SMILES string of the molecule is C[C@@H](C(=O)Nc1ccccn1)N(C)Cc1cnn(-c2ccc(F)cc2)c1. The number of nitrogens with zero attached hydrogens (tertiary/aromatic N) is 4. The fourth-order valence-corrected chi connectivity index (χ4v) is 2.47. The third-order valence-electron chi connectivity index (χ3n) is 4.12. The van der Waals surface area contributed by atoms with Crippen LogP contribution in [0.2, 0.25) is 0 Å². The molecule has 26 heavy (non-hydrogen) atoms. The molecule has 2 heterocycles. The Morgan fingerprint density at radius 1 is 1.27 bits per heavy atom. The van der Waals surface area contributed by atoms with Crippen molar-refractivity contribution in [3.05, 3.63) is 72.4 Å². The number of amides is 1. The van der Waals surface area contributed by atoms with E-state index >= 15 is 0 Å². The number of nitrogens with one attached hydrogen (secondary N) is 1. The summed E-state index contributed by atoms with van der Waals surface area (Å²) in [5, 5.41) is 7.09. The summed E-state index contributed by atoms with van der Waals surface area (Å²) in [5.74, 6) is 0.118. The van der Waals surface area contributed by atoms with Crippen LogP contribution in [0.5, 0.6) is 0 Å². The van der Waals surface area contributed by atoms with Gasteiger partial charge in [-0.25, -0.2) is 14.1 Å². The number of carbonyl (C=O) groups excluding carboxylic acids is 1. The summed E-state index contributed by atoms with van der Waals surface area (Å²) in [6.07, 6.45) is 5.24. The van der Waals surface area contributed by atoms with E-state index in [1.54, 1.807) is 41.3 Å². The van der Waals surface area contributed by atoms with Crippen molar-refractivity contribution < 1.29 is 9.18 Å². The maximum Gasteiger partial charge on any atom is 0.242 e. The Bertz CT molecular complexity index is 863. The molecule has 3 aromatic rings. The quantitative estimate of drug-likeness (QED) is 0.740. The van der Waals surface area contributed by atoms with E-state index < -0.39 is 0 Å². The molecule has 1 atom stereocenters. The number of likely N-dealkylation sites (N-methyl/N-ethyl adjacent to an activating group) is 1. The number of anilines is 1. The summed E-state index contributed by atoms with van der Waals surface area (Å²) in [7, 11) is 1.87. The monoisotopic (exact) mass is 353 g/mol. The summed E-state index contributed by atoms with van der Waals surface area (Å²) in [6.45, 7) is 2.39. The minimum Gasteiger partial charge on any atom is -0.309 e. The van der Waals surface area contributed by atoms with E-state index in [4.69, 9.17) is 0 Å². The normalized spacial score (nSPS) is 12.2. The minimum atomic E-state index is -0.342. The third kappa shape index (κ3) is 4.31. The summed E-state index contributed by atoms with van der Waals surface area (Å²) >= 11 is 0. The molecule has 0 radical (unpaired) electrons. The molecule has 0 spiro atoms. The zero-order chi connectivity index (χ0) is 18.5. The van der Waals surface area contributed by atoms with Crippen LogP contribution >= 0.6 is 0 Å². The van der Waals surface area contributed by atoms with Crippen molar-refractivity contribution in [2.75, 3.05) is 12.4 Å². The van der Waals surface area contributed by atoms with Crippen LogP contribution in [0.3, 0.4) is 0 Å². The second kappa shape index (κ2) is 7.88. The summed E-state index contributed by atoms with van der Waals surface area (Å²) < 4.78 is 14.7. The lowest BCUT2D eigenvalue weighted by Crippen LogP contribution is -2.39. The molecule has 0 fully saturated rings. The Balaban J connectivity index is 1.61. The van der Waals surface area contributed by atoms with E-state index in [0.29, 0.717) is 12.4 Å². The fourth-order valence-electron chi connectivity index (χ4n) is 2.47. The average Bonchev–Trinajstić information content (AvgIpc) is 3.11. The lowest BCUT2D eigenvalue weighted by atomic mass is 10.2. The molecular weight excluding hydrogens is 333 g/mol. The van der Waals surface area contributed by atoms with Gasteiger partial charge in [-0.15, -0.1) is 0 Å². The maximum atomic E-state index is 13.0. The van der Waals surface area contributed by atoms with Crippen molar-refractivity contribution in [2.24, 2.45) is 0 Å². The average molecular weight is 353 g/mol. The molecular formula is C19H20FN5O. The lowest BCUT2D eigenvalue weighted by Gasteiger charge is -2.23. The molecule has 1 N–H and O–H groups in total. The van der Waals surface area contributed by atoms with Crippen LogP contribution in [0.1, 0.15) is 12.5 Å². The predicted octanol–water partition coefficient (Wildman–Crippen LogP) is 2.87. The molecule has 7 heteroatoms. The first-order chi connectivity index (χ1) is 12.5. The maximum absolute atomic E-state index is 13.0. The summed E-state index contributed by atoms with van der Waals surface area (Å²) in [6, 6.07) is 11.1. The molecule has 0 saturated heterocycles. The zero-order valence-electron chi connectivity index (χ0n) is 14.6. The van der Waals surface area contributed by atoms with Gasteiger partial charge in [-0.2, -0.15) is 5.10 Å². The molecule has 1 aromatic carbocycles. The Labute approximate surface area is 151 Å². The number of hydrogen-bond acceptors (Lipinski definition) is 4. The van der Waals surface area contributed by atoms with Crippen LogP contribution in [0.25, 0.3) is 5.69 Å². The summed E-state index contributed by atoms with van der Waals surface area (Å²) in [5.41, 5.74) is 1.73. The first-order valence-electron chi connectivity index (χ1n) is 8.24. The lowest BCUT2D eigenvalue weighted by molar-refractivity contribution is -0.120. The van der Waals surface area contributed by atoms with Gasteiger partial charge in [0.15, 0.2) is 0 Å². The summed E-state index contributed by atoms with van der Waals surface area (Å²) in [4.78, 5) is 18.4. The fraction of sp³-hybridized carbons (Fsp3) is 0.211. The molecule has 2 aromatic heterocycles. The van der Waals surface area contributed by atoms with Crippen molar-refractivity contribution >= 4 is 11.7 Å². The van der Waals surface area contributed by atoms with Crippen LogP contribution in [-0.4, -0.2) is 38.7 Å². The third-order valence-corrected chi connectivity index (χ3v) is 4.12. The molecule has 0 aliphatic heterocycles. The van der Waals surface area contributed by atoms with Crippen LogP contribution < -0.4 is 5.32 Å². The minimum absolute atomic E-state index is 0.128. The molecule has 6 nitrogen and oxygen atoms in total. The van der Waals surface area contributed by atoms with Gasteiger partial charge >= 0.3 is 0 Å². The molecule has 0 unspecified atom stereocenters. The number of aromatic nitrogens is 3. The van der Waals surface area contributed by atoms with Crippen molar-refractivity contribution in [2.45, 2.75) is 19.5 Å². The van der Waals surface area contributed by atoms with Gasteiger partial charge in [0, 0.05) is 24.5 Å². The van der Waals surface area contributed by atoms with Crippen molar-refractivity contribution in [1.29, 1.82) is 0 Å². The number of pyridine rings is 1. The number of halogens is 1. The first kappa shape index (κ1) is 17.8. The molecule has 1 amide bonds. The highest BCUT2D eigenvalue weighted by atomic mass is 19.1.